The Kier molecular flexibility index (Phi) is 4.91. The van der Waals surface area contributed by atoms with Gasteiger partial charge < -0.3 is 10.5 Å². The summed E-state index contributed by atoms with van der Waals surface area (Å²) in [5, 5.41) is 0. The highest BCUT2D eigenvalue weighted by atomic mass is 16.5. The molecule has 0 aromatic heterocycles. The molecule has 2 N–H and O–H groups in total. The lowest BCUT2D eigenvalue weighted by Gasteiger charge is -2.10. The Labute approximate surface area is 91.7 Å². The molecule has 15 heavy (non-hydrogen) atoms. The lowest BCUT2D eigenvalue weighted by molar-refractivity contribution is 0.325. The van der Waals surface area contributed by atoms with Gasteiger partial charge in [0.2, 0.25) is 0 Å². The molecule has 0 amide bonds. The van der Waals surface area contributed by atoms with Gasteiger partial charge in [-0.3, -0.25) is 0 Å². The summed E-state index contributed by atoms with van der Waals surface area (Å²) in [5.74, 6) is 0.893. The monoisotopic (exact) mass is 205 g/mol. The van der Waals surface area contributed by atoms with Crippen molar-refractivity contribution in [2.45, 2.75) is 25.8 Å². The van der Waals surface area contributed by atoms with E-state index in [1.54, 1.807) is 0 Å². The van der Waals surface area contributed by atoms with Crippen molar-refractivity contribution in [2.75, 3.05) is 6.61 Å². The molecule has 0 aliphatic carbocycles. The van der Waals surface area contributed by atoms with E-state index in [2.05, 4.69) is 13.5 Å². The summed E-state index contributed by atoms with van der Waals surface area (Å²) in [6.45, 7) is 6.41. The number of ether oxygens (including phenoxy) is 1. The number of hydrogen-bond donors (Lipinski definition) is 1. The molecule has 82 valence electrons. The Morgan fingerprint density at radius 1 is 1.40 bits per heavy atom. The minimum atomic E-state index is 0.132. The van der Waals surface area contributed by atoms with Crippen LogP contribution < -0.4 is 10.5 Å². The minimum absolute atomic E-state index is 0.132. The van der Waals surface area contributed by atoms with Gasteiger partial charge in [0.05, 0.1) is 6.61 Å². The molecule has 1 aromatic carbocycles. The first-order valence-corrected chi connectivity index (χ1v) is 5.37. The van der Waals surface area contributed by atoms with Crippen LogP contribution >= 0.6 is 0 Å². The average molecular weight is 205 g/mol. The topological polar surface area (TPSA) is 35.2 Å². The van der Waals surface area contributed by atoms with E-state index in [9.17, 15) is 0 Å². The van der Waals surface area contributed by atoms with Crippen LogP contribution in [0, 0.1) is 0 Å². The number of nitrogens with two attached hydrogens (primary N) is 1. The molecule has 1 rings (SSSR count). The van der Waals surface area contributed by atoms with Gasteiger partial charge in [0.25, 0.3) is 0 Å². The third-order valence-electron chi connectivity index (χ3n) is 2.34. The molecule has 0 saturated carbocycles. The van der Waals surface area contributed by atoms with Crippen molar-refractivity contribution in [3.63, 3.8) is 0 Å². The van der Waals surface area contributed by atoms with Crippen LogP contribution in [0.2, 0.25) is 0 Å². The van der Waals surface area contributed by atoms with Gasteiger partial charge in [-0.2, -0.15) is 0 Å². The Bertz CT molecular complexity index is 292. The first-order valence-electron chi connectivity index (χ1n) is 5.37. The molecule has 0 heterocycles. The van der Waals surface area contributed by atoms with Crippen LogP contribution in [0.25, 0.3) is 0 Å². The van der Waals surface area contributed by atoms with Crippen LogP contribution in [0.3, 0.4) is 0 Å². The van der Waals surface area contributed by atoms with Crippen LogP contribution in [0.15, 0.2) is 36.9 Å². The zero-order valence-corrected chi connectivity index (χ0v) is 9.28. The standard InChI is InChI=1S/C13H19NO/c1-3-5-10-15-12-8-6-11(7-9-12)13(14)4-2/h3,6-9,13H,1,4-5,10,14H2,2H3. The molecule has 0 fully saturated rings. The third kappa shape index (κ3) is 3.76. The second-order valence-corrected chi connectivity index (χ2v) is 3.51. The normalized spacial score (nSPS) is 12.1. The van der Waals surface area contributed by atoms with Crippen molar-refractivity contribution >= 4 is 0 Å². The van der Waals surface area contributed by atoms with Crippen molar-refractivity contribution in [3.8, 4) is 5.75 Å². The second kappa shape index (κ2) is 6.25. The van der Waals surface area contributed by atoms with E-state index in [4.69, 9.17) is 10.5 Å². The summed E-state index contributed by atoms with van der Waals surface area (Å²) >= 11 is 0. The summed E-state index contributed by atoms with van der Waals surface area (Å²) in [4.78, 5) is 0. The van der Waals surface area contributed by atoms with Gasteiger partial charge in [0.15, 0.2) is 0 Å². The SMILES string of the molecule is C=CCCOc1ccc(C(N)CC)cc1. The van der Waals surface area contributed by atoms with Crippen LogP contribution in [0.5, 0.6) is 5.75 Å². The maximum absolute atomic E-state index is 5.91. The molecule has 0 saturated heterocycles. The maximum Gasteiger partial charge on any atom is 0.119 e. The summed E-state index contributed by atoms with van der Waals surface area (Å²) in [6, 6.07) is 8.11. The second-order valence-electron chi connectivity index (χ2n) is 3.51. The quantitative estimate of drug-likeness (QED) is 0.572. The van der Waals surface area contributed by atoms with Crippen LogP contribution in [-0.2, 0) is 0 Å². The van der Waals surface area contributed by atoms with Gasteiger partial charge in [-0.25, -0.2) is 0 Å². The van der Waals surface area contributed by atoms with Crippen LogP contribution in [0.1, 0.15) is 31.4 Å². The molecule has 1 aromatic rings. The highest BCUT2D eigenvalue weighted by Gasteiger charge is 2.02. The Morgan fingerprint density at radius 3 is 2.60 bits per heavy atom. The molecule has 1 atom stereocenters. The van der Waals surface area contributed by atoms with Crippen LogP contribution in [-0.4, -0.2) is 6.61 Å². The number of benzene rings is 1. The van der Waals surface area contributed by atoms with E-state index < -0.39 is 0 Å². The fraction of sp³-hybridized carbons (Fsp3) is 0.385. The summed E-state index contributed by atoms with van der Waals surface area (Å²) in [7, 11) is 0. The maximum atomic E-state index is 5.91. The van der Waals surface area contributed by atoms with E-state index in [1.165, 1.54) is 0 Å². The van der Waals surface area contributed by atoms with E-state index in [0.29, 0.717) is 6.61 Å². The van der Waals surface area contributed by atoms with Gasteiger partial charge in [-0.1, -0.05) is 25.1 Å². The first kappa shape index (κ1) is 11.8. The molecule has 0 bridgehead atoms. The van der Waals surface area contributed by atoms with Crippen LogP contribution in [0.4, 0.5) is 0 Å². The Morgan fingerprint density at radius 2 is 2.07 bits per heavy atom. The number of hydrogen-bond acceptors (Lipinski definition) is 2. The van der Waals surface area contributed by atoms with E-state index in [-0.39, 0.29) is 6.04 Å². The summed E-state index contributed by atoms with van der Waals surface area (Å²) in [6.07, 6.45) is 3.67. The molecular formula is C13H19NO. The highest BCUT2D eigenvalue weighted by molar-refractivity contribution is 5.28. The van der Waals surface area contributed by atoms with Gasteiger partial charge in [0, 0.05) is 6.04 Å². The van der Waals surface area contributed by atoms with Gasteiger partial charge in [0.1, 0.15) is 5.75 Å². The smallest absolute Gasteiger partial charge is 0.119 e. The minimum Gasteiger partial charge on any atom is -0.493 e. The predicted molar refractivity (Wildman–Crippen MR) is 64.0 cm³/mol. The van der Waals surface area contributed by atoms with Gasteiger partial charge >= 0.3 is 0 Å². The molecular weight excluding hydrogens is 186 g/mol. The van der Waals surface area contributed by atoms with Crippen molar-refractivity contribution in [1.82, 2.24) is 0 Å². The molecule has 0 radical (unpaired) electrons. The lowest BCUT2D eigenvalue weighted by Crippen LogP contribution is -2.08. The lowest BCUT2D eigenvalue weighted by atomic mass is 10.1. The molecule has 0 aliphatic heterocycles. The Hall–Kier alpha value is -1.28. The molecule has 0 aliphatic rings. The average Bonchev–Trinajstić information content (AvgIpc) is 2.29. The van der Waals surface area contributed by atoms with Crippen molar-refractivity contribution in [3.05, 3.63) is 42.5 Å². The van der Waals surface area contributed by atoms with Crippen molar-refractivity contribution < 1.29 is 4.74 Å². The van der Waals surface area contributed by atoms with Crippen molar-refractivity contribution in [1.29, 1.82) is 0 Å². The zero-order chi connectivity index (χ0) is 11.1. The fourth-order valence-corrected chi connectivity index (χ4v) is 1.31. The first-order chi connectivity index (χ1) is 7.27. The fourth-order valence-electron chi connectivity index (χ4n) is 1.31. The molecule has 1 unspecified atom stereocenters. The van der Waals surface area contributed by atoms with E-state index >= 15 is 0 Å². The highest BCUT2D eigenvalue weighted by Crippen LogP contribution is 2.18. The molecule has 2 heteroatoms. The summed E-state index contributed by atoms with van der Waals surface area (Å²) < 4.78 is 5.50. The Balaban J connectivity index is 2.52. The molecule has 2 nitrogen and oxygen atoms in total. The summed E-state index contributed by atoms with van der Waals surface area (Å²) in [5.41, 5.74) is 7.07. The van der Waals surface area contributed by atoms with E-state index in [1.807, 2.05) is 30.3 Å². The third-order valence-corrected chi connectivity index (χ3v) is 2.34. The van der Waals surface area contributed by atoms with Gasteiger partial charge in [-0.05, 0) is 30.5 Å². The molecule has 0 spiro atoms. The largest absolute Gasteiger partial charge is 0.493 e. The predicted octanol–water partition coefficient (Wildman–Crippen LogP) is 3.05. The van der Waals surface area contributed by atoms with Crippen molar-refractivity contribution in [2.24, 2.45) is 5.73 Å². The zero-order valence-electron chi connectivity index (χ0n) is 9.28. The number of rotatable bonds is 6. The van der Waals surface area contributed by atoms with Gasteiger partial charge in [-0.15, -0.1) is 6.58 Å². The van der Waals surface area contributed by atoms with E-state index in [0.717, 1.165) is 24.2 Å².